The normalized spacial score (nSPS) is 16.5. The van der Waals surface area contributed by atoms with Crippen molar-refractivity contribution in [2.24, 2.45) is 0 Å². The van der Waals surface area contributed by atoms with Gasteiger partial charge in [-0.3, -0.25) is 0 Å². The van der Waals surface area contributed by atoms with Gasteiger partial charge in [0, 0.05) is 43.8 Å². The van der Waals surface area contributed by atoms with E-state index in [1.54, 1.807) is 19.4 Å². The van der Waals surface area contributed by atoms with E-state index in [9.17, 15) is 4.79 Å². The molecule has 6 nitrogen and oxygen atoms in total. The Labute approximate surface area is 122 Å². The summed E-state index contributed by atoms with van der Waals surface area (Å²) in [5.74, 6) is 0.694. The van der Waals surface area contributed by atoms with Crippen molar-refractivity contribution in [1.82, 2.24) is 19.9 Å². The standard InChI is InChI=1S/C15H15N5O/c1-16-15-14-10(3-4-20(2)13(14)8-21)5-12(19-15)11-6-17-9-18-7-11/h3-9,13H,1-2H3,(H,16,19). The number of carbonyl (C=O) groups is 1. The van der Waals surface area contributed by atoms with Gasteiger partial charge >= 0.3 is 0 Å². The highest BCUT2D eigenvalue weighted by Gasteiger charge is 2.25. The van der Waals surface area contributed by atoms with Gasteiger partial charge in [-0.05, 0) is 17.7 Å². The van der Waals surface area contributed by atoms with Crippen LogP contribution in [0.15, 0.2) is 31.0 Å². The second-order valence-corrected chi connectivity index (χ2v) is 4.80. The average molecular weight is 281 g/mol. The first-order valence-electron chi connectivity index (χ1n) is 6.58. The number of fused-ring (bicyclic) bond motifs is 1. The number of carbonyl (C=O) groups excluding carboxylic acids is 1. The summed E-state index contributed by atoms with van der Waals surface area (Å²) in [4.78, 5) is 25.9. The summed E-state index contributed by atoms with van der Waals surface area (Å²) in [6.45, 7) is 0. The predicted molar refractivity (Wildman–Crippen MR) is 80.4 cm³/mol. The first-order chi connectivity index (χ1) is 10.2. The Bertz CT molecular complexity index is 699. The second kappa shape index (κ2) is 5.32. The number of pyridine rings is 1. The highest BCUT2D eigenvalue weighted by molar-refractivity contribution is 5.77. The Balaban J connectivity index is 2.19. The van der Waals surface area contributed by atoms with Crippen LogP contribution in [0.5, 0.6) is 0 Å². The maximum atomic E-state index is 11.4. The van der Waals surface area contributed by atoms with Gasteiger partial charge in [0.2, 0.25) is 0 Å². The van der Waals surface area contributed by atoms with Crippen molar-refractivity contribution in [3.63, 3.8) is 0 Å². The van der Waals surface area contributed by atoms with Crippen LogP contribution in [0.2, 0.25) is 0 Å². The largest absolute Gasteiger partial charge is 0.373 e. The fourth-order valence-electron chi connectivity index (χ4n) is 2.45. The van der Waals surface area contributed by atoms with E-state index in [1.807, 2.05) is 30.3 Å². The fraction of sp³-hybridized carbons (Fsp3) is 0.200. The van der Waals surface area contributed by atoms with Crippen LogP contribution in [0.1, 0.15) is 17.2 Å². The molecular formula is C15H15N5O. The lowest BCUT2D eigenvalue weighted by atomic mass is 9.96. The summed E-state index contributed by atoms with van der Waals surface area (Å²) in [7, 11) is 3.67. The number of hydrogen-bond donors (Lipinski definition) is 1. The van der Waals surface area contributed by atoms with Gasteiger partial charge in [0.05, 0.1) is 5.69 Å². The number of nitrogens with zero attached hydrogens (tertiary/aromatic N) is 4. The Morgan fingerprint density at radius 1 is 1.33 bits per heavy atom. The molecule has 0 bridgehead atoms. The van der Waals surface area contributed by atoms with E-state index in [0.29, 0.717) is 5.82 Å². The van der Waals surface area contributed by atoms with Crippen molar-refractivity contribution in [3.05, 3.63) is 42.1 Å². The molecule has 2 aromatic heterocycles. The zero-order chi connectivity index (χ0) is 14.8. The molecular weight excluding hydrogens is 266 g/mol. The Morgan fingerprint density at radius 2 is 2.10 bits per heavy atom. The molecule has 106 valence electrons. The Hall–Kier alpha value is -2.76. The molecule has 0 amide bonds. The molecule has 1 atom stereocenters. The van der Waals surface area contributed by atoms with Gasteiger partial charge in [-0.2, -0.15) is 0 Å². The zero-order valence-corrected chi connectivity index (χ0v) is 11.8. The lowest BCUT2D eigenvalue weighted by molar-refractivity contribution is -0.111. The summed E-state index contributed by atoms with van der Waals surface area (Å²) in [5, 5.41) is 3.08. The van der Waals surface area contributed by atoms with Gasteiger partial charge in [-0.1, -0.05) is 0 Å². The van der Waals surface area contributed by atoms with Crippen LogP contribution in [-0.2, 0) is 4.79 Å². The molecule has 21 heavy (non-hydrogen) atoms. The summed E-state index contributed by atoms with van der Waals surface area (Å²) >= 11 is 0. The molecule has 1 aliphatic rings. The maximum Gasteiger partial charge on any atom is 0.147 e. The molecule has 0 aromatic carbocycles. The number of aldehydes is 1. The van der Waals surface area contributed by atoms with Crippen molar-refractivity contribution >= 4 is 18.2 Å². The van der Waals surface area contributed by atoms with Gasteiger partial charge in [0.15, 0.2) is 0 Å². The minimum Gasteiger partial charge on any atom is -0.373 e. The number of hydrogen-bond acceptors (Lipinski definition) is 6. The summed E-state index contributed by atoms with van der Waals surface area (Å²) in [6.07, 6.45) is 9.72. The van der Waals surface area contributed by atoms with Crippen molar-refractivity contribution < 1.29 is 4.79 Å². The first kappa shape index (κ1) is 13.2. The molecule has 0 saturated carbocycles. The van der Waals surface area contributed by atoms with E-state index < -0.39 is 0 Å². The second-order valence-electron chi connectivity index (χ2n) is 4.80. The van der Waals surface area contributed by atoms with Crippen molar-refractivity contribution in [2.75, 3.05) is 19.4 Å². The van der Waals surface area contributed by atoms with Gasteiger partial charge in [-0.15, -0.1) is 0 Å². The third kappa shape index (κ3) is 2.24. The number of likely N-dealkylation sites (N-methyl/N-ethyl adjacent to an activating group) is 1. The van der Waals surface area contributed by atoms with Gasteiger partial charge in [-0.25, -0.2) is 15.0 Å². The molecule has 1 N–H and O–H groups in total. The highest BCUT2D eigenvalue weighted by Crippen LogP contribution is 2.35. The van der Waals surface area contributed by atoms with E-state index in [1.165, 1.54) is 6.33 Å². The molecule has 0 saturated heterocycles. The molecule has 3 heterocycles. The molecule has 0 spiro atoms. The molecule has 3 rings (SSSR count). The predicted octanol–water partition coefficient (Wildman–Crippen LogP) is 1.74. The zero-order valence-electron chi connectivity index (χ0n) is 11.8. The fourth-order valence-corrected chi connectivity index (χ4v) is 2.45. The average Bonchev–Trinajstić information content (AvgIpc) is 2.54. The van der Waals surface area contributed by atoms with E-state index in [0.717, 1.165) is 28.7 Å². The van der Waals surface area contributed by atoms with Gasteiger partial charge in [0.25, 0.3) is 0 Å². The van der Waals surface area contributed by atoms with E-state index in [-0.39, 0.29) is 6.04 Å². The van der Waals surface area contributed by atoms with Crippen LogP contribution < -0.4 is 5.32 Å². The minimum absolute atomic E-state index is 0.332. The van der Waals surface area contributed by atoms with Gasteiger partial charge < -0.3 is 15.0 Å². The highest BCUT2D eigenvalue weighted by atomic mass is 16.1. The topological polar surface area (TPSA) is 71.0 Å². The minimum atomic E-state index is -0.332. The Morgan fingerprint density at radius 3 is 2.76 bits per heavy atom. The van der Waals surface area contributed by atoms with Crippen LogP contribution in [0.3, 0.4) is 0 Å². The van der Waals surface area contributed by atoms with Crippen molar-refractivity contribution in [1.29, 1.82) is 0 Å². The smallest absolute Gasteiger partial charge is 0.147 e. The van der Waals surface area contributed by atoms with Crippen molar-refractivity contribution in [3.8, 4) is 11.3 Å². The van der Waals surface area contributed by atoms with Crippen LogP contribution in [-0.4, -0.2) is 40.2 Å². The molecule has 0 fully saturated rings. The lowest BCUT2D eigenvalue weighted by Crippen LogP contribution is -2.25. The number of anilines is 1. The van der Waals surface area contributed by atoms with E-state index >= 15 is 0 Å². The van der Waals surface area contributed by atoms with Crippen molar-refractivity contribution in [2.45, 2.75) is 6.04 Å². The third-order valence-corrected chi connectivity index (χ3v) is 3.54. The SMILES string of the molecule is CNc1nc(-c2cncnc2)cc2c1C(C=O)N(C)C=C2. The van der Waals surface area contributed by atoms with E-state index in [2.05, 4.69) is 20.3 Å². The molecule has 2 aromatic rings. The van der Waals surface area contributed by atoms with Crippen LogP contribution in [0.25, 0.3) is 17.3 Å². The first-order valence-corrected chi connectivity index (χ1v) is 6.58. The Kier molecular flexibility index (Phi) is 3.35. The maximum absolute atomic E-state index is 11.4. The molecule has 1 unspecified atom stereocenters. The van der Waals surface area contributed by atoms with Crippen LogP contribution in [0, 0.1) is 0 Å². The number of rotatable bonds is 3. The number of nitrogens with one attached hydrogen (secondary N) is 1. The van der Waals surface area contributed by atoms with Gasteiger partial charge in [0.1, 0.15) is 24.5 Å². The molecule has 6 heteroatoms. The molecule has 1 aliphatic heterocycles. The number of aromatic nitrogens is 3. The third-order valence-electron chi connectivity index (χ3n) is 3.54. The van der Waals surface area contributed by atoms with Crippen LogP contribution in [0.4, 0.5) is 5.82 Å². The summed E-state index contributed by atoms with van der Waals surface area (Å²) in [5.41, 5.74) is 3.48. The lowest BCUT2D eigenvalue weighted by Gasteiger charge is -2.29. The molecule has 0 radical (unpaired) electrons. The summed E-state index contributed by atoms with van der Waals surface area (Å²) in [6, 6.07) is 1.62. The molecule has 0 aliphatic carbocycles. The summed E-state index contributed by atoms with van der Waals surface area (Å²) < 4.78 is 0. The quantitative estimate of drug-likeness (QED) is 0.864. The monoisotopic (exact) mass is 281 g/mol. The van der Waals surface area contributed by atoms with E-state index in [4.69, 9.17) is 0 Å². The van der Waals surface area contributed by atoms with Crippen LogP contribution >= 0.6 is 0 Å².